The van der Waals surface area contributed by atoms with E-state index in [4.69, 9.17) is 9.84 Å². The second-order valence-corrected chi connectivity index (χ2v) is 7.15. The number of benzene rings is 1. The summed E-state index contributed by atoms with van der Waals surface area (Å²) in [6.45, 7) is 2.38. The van der Waals surface area contributed by atoms with Crippen LogP contribution in [-0.2, 0) is 0 Å². The Balaban J connectivity index is 1.54. The lowest BCUT2D eigenvalue weighted by Gasteiger charge is -2.38. The zero-order chi connectivity index (χ0) is 21.1. The molecule has 0 aliphatic carbocycles. The SMILES string of the molecule is CC1CCC(Oc2cc(C(=O)O)ccn2)CN1C(=O)c1ccccc1-n1nccn1. The van der Waals surface area contributed by atoms with E-state index >= 15 is 0 Å². The molecule has 3 heterocycles. The quantitative estimate of drug-likeness (QED) is 0.691. The molecule has 0 radical (unpaired) electrons. The smallest absolute Gasteiger partial charge is 0.335 e. The van der Waals surface area contributed by atoms with Gasteiger partial charge in [0, 0.05) is 18.3 Å². The van der Waals surface area contributed by atoms with Crippen molar-refractivity contribution < 1.29 is 19.4 Å². The van der Waals surface area contributed by atoms with Crippen molar-refractivity contribution in [2.45, 2.75) is 31.9 Å². The first-order chi connectivity index (χ1) is 14.5. The highest BCUT2D eigenvalue weighted by Crippen LogP contribution is 2.25. The molecule has 1 aromatic carbocycles. The molecule has 2 unspecified atom stereocenters. The fraction of sp³-hybridized carbons (Fsp3) is 0.286. The maximum Gasteiger partial charge on any atom is 0.335 e. The van der Waals surface area contributed by atoms with Crippen LogP contribution in [0.15, 0.2) is 55.0 Å². The standard InChI is InChI=1S/C21H21N5O4/c1-14-6-7-16(30-19-12-15(21(28)29)8-9-22-19)13-25(14)20(27)17-4-2-3-5-18(17)26-23-10-11-24-26/h2-5,8-12,14,16H,6-7,13H2,1H3,(H,28,29). The van der Waals surface area contributed by atoms with Gasteiger partial charge in [-0.2, -0.15) is 15.0 Å². The number of ether oxygens (including phenoxy) is 1. The van der Waals surface area contributed by atoms with Gasteiger partial charge in [-0.05, 0) is 38.0 Å². The lowest BCUT2D eigenvalue weighted by Crippen LogP contribution is -2.49. The monoisotopic (exact) mass is 407 g/mol. The lowest BCUT2D eigenvalue weighted by molar-refractivity contribution is 0.0372. The van der Waals surface area contributed by atoms with Gasteiger partial charge in [-0.15, -0.1) is 0 Å². The second kappa shape index (κ2) is 8.32. The van der Waals surface area contributed by atoms with Gasteiger partial charge in [-0.3, -0.25) is 4.79 Å². The first-order valence-corrected chi connectivity index (χ1v) is 9.65. The molecule has 1 aliphatic heterocycles. The zero-order valence-corrected chi connectivity index (χ0v) is 16.4. The van der Waals surface area contributed by atoms with Crippen LogP contribution in [0.2, 0.25) is 0 Å². The molecule has 0 saturated carbocycles. The van der Waals surface area contributed by atoms with Gasteiger partial charge >= 0.3 is 5.97 Å². The van der Waals surface area contributed by atoms with Gasteiger partial charge in [0.15, 0.2) is 0 Å². The van der Waals surface area contributed by atoms with Gasteiger partial charge < -0.3 is 14.7 Å². The molecule has 2 atom stereocenters. The van der Waals surface area contributed by atoms with Crippen molar-refractivity contribution in [2.24, 2.45) is 0 Å². The summed E-state index contributed by atoms with van der Waals surface area (Å²) in [4.78, 5) is 31.8. The molecule has 3 aromatic rings. The van der Waals surface area contributed by atoms with Crippen LogP contribution in [0, 0.1) is 0 Å². The van der Waals surface area contributed by atoms with Crippen molar-refractivity contribution in [3.8, 4) is 11.6 Å². The number of para-hydroxylation sites is 1. The molecule has 1 saturated heterocycles. The number of likely N-dealkylation sites (tertiary alicyclic amines) is 1. The van der Waals surface area contributed by atoms with Crippen LogP contribution in [0.4, 0.5) is 0 Å². The van der Waals surface area contributed by atoms with Crippen LogP contribution in [0.25, 0.3) is 5.69 Å². The Morgan fingerprint density at radius 2 is 1.87 bits per heavy atom. The number of aromatic carboxylic acids is 1. The third-order valence-electron chi connectivity index (χ3n) is 5.14. The van der Waals surface area contributed by atoms with Gasteiger partial charge in [0.05, 0.1) is 35.8 Å². The largest absolute Gasteiger partial charge is 0.478 e. The Hall–Kier alpha value is -3.75. The molecular formula is C21H21N5O4. The minimum Gasteiger partial charge on any atom is -0.478 e. The number of carboxylic acids is 1. The zero-order valence-electron chi connectivity index (χ0n) is 16.4. The van der Waals surface area contributed by atoms with Crippen LogP contribution >= 0.6 is 0 Å². The molecule has 1 N–H and O–H groups in total. The summed E-state index contributed by atoms with van der Waals surface area (Å²) in [5.74, 6) is -0.931. The molecule has 9 nitrogen and oxygen atoms in total. The van der Waals surface area contributed by atoms with Crippen LogP contribution in [0.3, 0.4) is 0 Å². The van der Waals surface area contributed by atoms with Crippen LogP contribution < -0.4 is 4.74 Å². The summed E-state index contributed by atoms with van der Waals surface area (Å²) >= 11 is 0. The third kappa shape index (κ3) is 4.00. The maximum absolute atomic E-state index is 13.4. The van der Waals surface area contributed by atoms with E-state index in [1.165, 1.54) is 23.1 Å². The van der Waals surface area contributed by atoms with E-state index in [2.05, 4.69) is 15.2 Å². The Bertz CT molecular complexity index is 1050. The first-order valence-electron chi connectivity index (χ1n) is 9.65. The average Bonchev–Trinajstić information content (AvgIpc) is 3.29. The van der Waals surface area contributed by atoms with E-state index in [0.717, 1.165) is 12.8 Å². The predicted molar refractivity (Wildman–Crippen MR) is 107 cm³/mol. The van der Waals surface area contributed by atoms with E-state index in [1.807, 2.05) is 19.1 Å². The molecule has 1 fully saturated rings. The van der Waals surface area contributed by atoms with Gasteiger partial charge in [0.1, 0.15) is 6.10 Å². The van der Waals surface area contributed by atoms with Crippen LogP contribution in [0.1, 0.15) is 40.5 Å². The molecule has 1 aliphatic rings. The number of carbonyl (C=O) groups excluding carboxylic acids is 1. The lowest BCUT2D eigenvalue weighted by atomic mass is 9.99. The van der Waals surface area contributed by atoms with Crippen molar-refractivity contribution in [2.75, 3.05) is 6.54 Å². The van der Waals surface area contributed by atoms with E-state index in [9.17, 15) is 9.59 Å². The minimum atomic E-state index is -1.04. The molecule has 154 valence electrons. The number of carboxylic acid groups (broad SMARTS) is 1. The number of rotatable bonds is 5. The summed E-state index contributed by atoms with van der Waals surface area (Å²) in [5.41, 5.74) is 1.23. The molecule has 0 spiro atoms. The Labute approximate surface area is 172 Å². The summed E-state index contributed by atoms with van der Waals surface area (Å²) in [6, 6.07) is 10.0. The van der Waals surface area contributed by atoms with E-state index in [0.29, 0.717) is 17.8 Å². The van der Waals surface area contributed by atoms with Crippen LogP contribution in [0.5, 0.6) is 5.88 Å². The molecule has 4 rings (SSSR count). The molecular weight excluding hydrogens is 386 g/mol. The van der Waals surface area contributed by atoms with Crippen molar-refractivity contribution >= 4 is 11.9 Å². The van der Waals surface area contributed by atoms with Gasteiger partial charge in [0.2, 0.25) is 5.88 Å². The number of nitrogens with zero attached hydrogens (tertiary/aromatic N) is 5. The van der Waals surface area contributed by atoms with Gasteiger partial charge in [0.25, 0.3) is 5.91 Å². The number of aromatic nitrogens is 4. The molecule has 9 heteroatoms. The van der Waals surface area contributed by atoms with Crippen molar-refractivity contribution in [1.29, 1.82) is 0 Å². The van der Waals surface area contributed by atoms with Gasteiger partial charge in [-0.25, -0.2) is 9.78 Å². The second-order valence-electron chi connectivity index (χ2n) is 7.15. The van der Waals surface area contributed by atoms with Crippen molar-refractivity contribution in [1.82, 2.24) is 24.9 Å². The Morgan fingerprint density at radius 1 is 1.10 bits per heavy atom. The van der Waals surface area contributed by atoms with Crippen molar-refractivity contribution in [3.05, 3.63) is 66.1 Å². The number of amides is 1. The number of carbonyl (C=O) groups is 2. The number of pyridine rings is 1. The summed E-state index contributed by atoms with van der Waals surface area (Å²) in [5, 5.41) is 17.4. The van der Waals surface area contributed by atoms with E-state index < -0.39 is 5.97 Å². The average molecular weight is 407 g/mol. The van der Waals surface area contributed by atoms with Crippen molar-refractivity contribution in [3.63, 3.8) is 0 Å². The topological polar surface area (TPSA) is 110 Å². The van der Waals surface area contributed by atoms with Crippen LogP contribution in [-0.4, -0.2) is 60.6 Å². The van der Waals surface area contributed by atoms with E-state index in [-0.39, 0.29) is 29.5 Å². The number of piperidine rings is 1. The third-order valence-corrected chi connectivity index (χ3v) is 5.14. The molecule has 1 amide bonds. The maximum atomic E-state index is 13.4. The highest BCUT2D eigenvalue weighted by molar-refractivity contribution is 5.98. The Morgan fingerprint density at radius 3 is 2.63 bits per heavy atom. The molecule has 2 aromatic heterocycles. The Kier molecular flexibility index (Phi) is 5.42. The first kappa shape index (κ1) is 19.6. The normalized spacial score (nSPS) is 18.8. The number of hydrogen-bond donors (Lipinski definition) is 1. The number of hydrogen-bond acceptors (Lipinski definition) is 6. The highest BCUT2D eigenvalue weighted by atomic mass is 16.5. The van der Waals surface area contributed by atoms with Gasteiger partial charge in [-0.1, -0.05) is 12.1 Å². The van der Waals surface area contributed by atoms with E-state index in [1.54, 1.807) is 29.4 Å². The summed E-state index contributed by atoms with van der Waals surface area (Å²) in [6.07, 6.45) is 5.75. The predicted octanol–water partition coefficient (Wildman–Crippen LogP) is 2.43. The molecule has 0 bridgehead atoms. The highest BCUT2D eigenvalue weighted by Gasteiger charge is 2.32. The fourth-order valence-electron chi connectivity index (χ4n) is 3.55. The molecule has 30 heavy (non-hydrogen) atoms. The minimum absolute atomic E-state index is 0.0364. The summed E-state index contributed by atoms with van der Waals surface area (Å²) < 4.78 is 5.91. The fourth-order valence-corrected chi connectivity index (χ4v) is 3.55. The summed E-state index contributed by atoms with van der Waals surface area (Å²) in [7, 11) is 0.